The van der Waals surface area contributed by atoms with E-state index in [0.717, 1.165) is 12.8 Å². The van der Waals surface area contributed by atoms with Crippen molar-refractivity contribution >= 4 is 21.8 Å². The molecule has 6 aromatic rings. The molecule has 0 saturated carbocycles. The quantitative estimate of drug-likeness (QED) is 0.238. The maximum Gasteiger partial charge on any atom is 0.0541 e. The fourth-order valence-corrected chi connectivity index (χ4v) is 6.37. The van der Waals surface area contributed by atoms with Gasteiger partial charge < -0.3 is 4.57 Å². The van der Waals surface area contributed by atoms with Gasteiger partial charge in [-0.1, -0.05) is 90.0 Å². The van der Waals surface area contributed by atoms with Gasteiger partial charge in [0.15, 0.2) is 0 Å². The summed E-state index contributed by atoms with van der Waals surface area (Å²) in [5.74, 6) is 0.562. The Morgan fingerprint density at radius 2 is 1.38 bits per heavy atom. The van der Waals surface area contributed by atoms with Crippen LogP contribution in [0.2, 0.25) is 0 Å². The highest BCUT2D eigenvalue weighted by atomic mass is 15.0. The SMILES string of the molecule is Cc1ccc2c(c1)-c1ccccc1C(CCc1ccc(-n3c4ccccc4c4cc(C)ccc43)cc1)C2. The van der Waals surface area contributed by atoms with Gasteiger partial charge in [0, 0.05) is 16.5 Å². The van der Waals surface area contributed by atoms with Crippen molar-refractivity contribution in [3.05, 3.63) is 137 Å². The van der Waals surface area contributed by atoms with E-state index in [1.165, 1.54) is 72.9 Å². The van der Waals surface area contributed by atoms with Gasteiger partial charge in [-0.15, -0.1) is 0 Å². The fourth-order valence-electron chi connectivity index (χ4n) is 6.37. The van der Waals surface area contributed by atoms with Crippen LogP contribution in [0.25, 0.3) is 38.6 Å². The van der Waals surface area contributed by atoms with Crippen LogP contribution in [0.4, 0.5) is 0 Å². The molecular weight excluding hydrogens is 446 g/mol. The minimum absolute atomic E-state index is 0.562. The molecule has 0 N–H and O–H groups in total. The molecule has 0 aliphatic heterocycles. The summed E-state index contributed by atoms with van der Waals surface area (Å²) in [4.78, 5) is 0. The van der Waals surface area contributed by atoms with Crippen molar-refractivity contribution in [2.75, 3.05) is 0 Å². The van der Waals surface area contributed by atoms with Gasteiger partial charge in [0.1, 0.15) is 0 Å². The Kier molecular flexibility index (Phi) is 5.25. The van der Waals surface area contributed by atoms with Gasteiger partial charge in [0.25, 0.3) is 0 Å². The van der Waals surface area contributed by atoms with E-state index in [2.05, 4.69) is 128 Å². The Morgan fingerprint density at radius 1 is 0.649 bits per heavy atom. The molecule has 1 aliphatic rings. The molecular formula is C36H31N. The predicted octanol–water partition coefficient (Wildman–Crippen LogP) is 9.34. The van der Waals surface area contributed by atoms with Gasteiger partial charge in [0.05, 0.1) is 11.0 Å². The van der Waals surface area contributed by atoms with E-state index in [9.17, 15) is 0 Å². The Hall–Kier alpha value is -4.10. The minimum Gasteiger partial charge on any atom is -0.309 e. The monoisotopic (exact) mass is 477 g/mol. The van der Waals surface area contributed by atoms with E-state index in [1.54, 1.807) is 0 Å². The summed E-state index contributed by atoms with van der Waals surface area (Å²) in [6, 6.07) is 40.8. The van der Waals surface area contributed by atoms with Crippen molar-refractivity contribution in [1.29, 1.82) is 0 Å². The molecule has 0 saturated heterocycles. The van der Waals surface area contributed by atoms with Gasteiger partial charge in [-0.2, -0.15) is 0 Å². The Bertz CT molecular complexity index is 1770. The van der Waals surface area contributed by atoms with Gasteiger partial charge >= 0.3 is 0 Å². The van der Waals surface area contributed by atoms with Crippen LogP contribution in [0.5, 0.6) is 0 Å². The Balaban J connectivity index is 1.18. The summed E-state index contributed by atoms with van der Waals surface area (Å²) in [5, 5.41) is 2.64. The third-order valence-electron chi connectivity index (χ3n) is 8.23. The molecule has 0 amide bonds. The largest absolute Gasteiger partial charge is 0.309 e. The number of benzene rings is 5. The maximum absolute atomic E-state index is 2.41. The second kappa shape index (κ2) is 8.78. The van der Waals surface area contributed by atoms with E-state index in [4.69, 9.17) is 0 Å². The first-order chi connectivity index (χ1) is 18.2. The smallest absolute Gasteiger partial charge is 0.0541 e. The molecule has 0 radical (unpaired) electrons. The molecule has 0 spiro atoms. The van der Waals surface area contributed by atoms with Crippen molar-refractivity contribution in [3.63, 3.8) is 0 Å². The molecule has 0 fully saturated rings. The maximum atomic E-state index is 2.41. The standard InChI is InChI=1S/C36H31N/c1-24-11-16-28-23-27(30-7-3-4-8-31(30)33(28)21-24)17-13-26-14-18-29(19-15-26)37-35-10-6-5-9-32(35)34-22-25(2)12-20-36(34)37/h3-12,14-16,18-22,27H,13,17,23H2,1-2H3. The summed E-state index contributed by atoms with van der Waals surface area (Å²) >= 11 is 0. The first-order valence-corrected chi connectivity index (χ1v) is 13.4. The molecule has 180 valence electrons. The summed E-state index contributed by atoms with van der Waals surface area (Å²) < 4.78 is 2.41. The summed E-state index contributed by atoms with van der Waals surface area (Å²) in [6.07, 6.45) is 3.39. The third kappa shape index (κ3) is 3.78. The van der Waals surface area contributed by atoms with E-state index >= 15 is 0 Å². The number of rotatable bonds is 4. The summed E-state index contributed by atoms with van der Waals surface area (Å²) in [5.41, 5.74) is 13.7. The summed E-state index contributed by atoms with van der Waals surface area (Å²) in [6.45, 7) is 4.36. The van der Waals surface area contributed by atoms with Crippen molar-refractivity contribution in [3.8, 4) is 16.8 Å². The van der Waals surface area contributed by atoms with E-state index < -0.39 is 0 Å². The molecule has 1 aliphatic carbocycles. The number of aryl methyl sites for hydroxylation is 3. The van der Waals surface area contributed by atoms with E-state index in [0.29, 0.717) is 5.92 Å². The number of para-hydroxylation sites is 1. The second-order valence-corrected chi connectivity index (χ2v) is 10.7. The fraction of sp³-hybridized carbons (Fsp3) is 0.167. The highest BCUT2D eigenvalue weighted by Gasteiger charge is 2.24. The zero-order chi connectivity index (χ0) is 24.9. The topological polar surface area (TPSA) is 4.93 Å². The molecule has 1 aromatic heterocycles. The van der Waals surface area contributed by atoms with Crippen molar-refractivity contribution in [2.45, 2.75) is 39.0 Å². The average molecular weight is 478 g/mol. The molecule has 1 atom stereocenters. The highest BCUT2D eigenvalue weighted by molar-refractivity contribution is 6.09. The lowest BCUT2D eigenvalue weighted by Crippen LogP contribution is -2.12. The predicted molar refractivity (Wildman–Crippen MR) is 157 cm³/mol. The van der Waals surface area contributed by atoms with Crippen LogP contribution in [0.15, 0.2) is 109 Å². The number of hydrogen-bond donors (Lipinski definition) is 0. The van der Waals surface area contributed by atoms with Crippen LogP contribution < -0.4 is 0 Å². The highest BCUT2D eigenvalue weighted by Crippen LogP contribution is 2.42. The molecule has 1 unspecified atom stereocenters. The van der Waals surface area contributed by atoms with E-state index in [1.807, 2.05) is 0 Å². The second-order valence-electron chi connectivity index (χ2n) is 10.7. The lowest BCUT2D eigenvalue weighted by Gasteiger charge is -2.28. The van der Waals surface area contributed by atoms with Crippen molar-refractivity contribution in [2.24, 2.45) is 0 Å². The van der Waals surface area contributed by atoms with Crippen LogP contribution in [0.1, 0.15) is 40.2 Å². The number of nitrogens with zero attached hydrogens (tertiary/aromatic N) is 1. The van der Waals surface area contributed by atoms with Gasteiger partial charge in [-0.05, 0) is 97.2 Å². The molecule has 7 rings (SSSR count). The van der Waals surface area contributed by atoms with Crippen LogP contribution in [-0.4, -0.2) is 4.57 Å². The normalized spacial score (nSPS) is 14.6. The molecule has 0 bridgehead atoms. The molecule has 1 heterocycles. The Labute approximate surface area is 219 Å². The number of hydrogen-bond acceptors (Lipinski definition) is 0. The summed E-state index contributed by atoms with van der Waals surface area (Å²) in [7, 11) is 0. The zero-order valence-electron chi connectivity index (χ0n) is 21.5. The minimum atomic E-state index is 0.562. The van der Waals surface area contributed by atoms with Crippen molar-refractivity contribution in [1.82, 2.24) is 4.57 Å². The third-order valence-corrected chi connectivity index (χ3v) is 8.23. The van der Waals surface area contributed by atoms with Gasteiger partial charge in [-0.3, -0.25) is 0 Å². The Morgan fingerprint density at radius 3 is 2.27 bits per heavy atom. The van der Waals surface area contributed by atoms with Gasteiger partial charge in [-0.25, -0.2) is 0 Å². The van der Waals surface area contributed by atoms with Crippen LogP contribution in [0, 0.1) is 13.8 Å². The first-order valence-electron chi connectivity index (χ1n) is 13.4. The van der Waals surface area contributed by atoms with Crippen LogP contribution in [0.3, 0.4) is 0 Å². The zero-order valence-corrected chi connectivity index (χ0v) is 21.5. The lowest BCUT2D eigenvalue weighted by molar-refractivity contribution is 0.616. The lowest BCUT2D eigenvalue weighted by atomic mass is 9.76. The van der Waals surface area contributed by atoms with Crippen LogP contribution in [-0.2, 0) is 12.8 Å². The first kappa shape index (κ1) is 22.1. The molecule has 1 nitrogen and oxygen atoms in total. The average Bonchev–Trinajstić information content (AvgIpc) is 3.26. The molecule has 5 aromatic carbocycles. The van der Waals surface area contributed by atoms with Crippen LogP contribution >= 0.6 is 0 Å². The molecule has 1 heteroatoms. The number of aromatic nitrogens is 1. The van der Waals surface area contributed by atoms with Gasteiger partial charge in [0.2, 0.25) is 0 Å². The van der Waals surface area contributed by atoms with Crippen molar-refractivity contribution < 1.29 is 0 Å². The molecule has 37 heavy (non-hydrogen) atoms. The number of fused-ring (bicyclic) bond motifs is 6. The van der Waals surface area contributed by atoms with E-state index in [-0.39, 0.29) is 0 Å².